The molecule has 0 bridgehead atoms. The number of nitrogens with zero attached hydrogens (tertiary/aromatic N) is 2. The first-order chi connectivity index (χ1) is 6.88. The quantitative estimate of drug-likeness (QED) is 0.765. The molecule has 1 heterocycles. The van der Waals surface area contributed by atoms with Crippen molar-refractivity contribution >= 4 is 19.0 Å². The molecule has 0 aliphatic carbocycles. The predicted molar refractivity (Wildman–Crippen MR) is 48.7 cm³/mol. The fourth-order valence-corrected chi connectivity index (χ4v) is 0.772. The number of hydrogen-bond acceptors (Lipinski definition) is 3. The molecule has 1 rings (SSSR count). The van der Waals surface area contributed by atoms with Crippen molar-refractivity contribution in [2.75, 3.05) is 0 Å². The van der Waals surface area contributed by atoms with E-state index in [0.717, 1.165) is 18.5 Å². The average Bonchev–Trinajstić information content (AvgIpc) is 2.14. The van der Waals surface area contributed by atoms with Crippen molar-refractivity contribution in [3.05, 3.63) is 29.8 Å². The molecule has 2 N–H and O–H groups in total. The Morgan fingerprint density at radius 3 is 2.27 bits per heavy atom. The maximum absolute atomic E-state index is 11.8. The number of carbonyl (C=O) groups excluding carboxylic acids is 1. The van der Waals surface area contributed by atoms with Gasteiger partial charge < -0.3 is 18.7 Å². The lowest BCUT2D eigenvalue weighted by molar-refractivity contribution is 0.0990. The SMILES string of the molecule is NC(=O)c1ncc(/C=C/[B-](F)(F)F)cn1. The minimum atomic E-state index is -4.98. The van der Waals surface area contributed by atoms with Gasteiger partial charge in [-0.25, -0.2) is 9.97 Å². The number of carbonyl (C=O) groups is 1. The number of amides is 1. The van der Waals surface area contributed by atoms with Crippen molar-refractivity contribution in [1.29, 1.82) is 0 Å². The Balaban J connectivity index is 2.82. The van der Waals surface area contributed by atoms with Crippen LogP contribution in [0.2, 0.25) is 0 Å². The largest absolute Gasteiger partial charge is 0.502 e. The van der Waals surface area contributed by atoms with Gasteiger partial charge in [-0.15, -0.1) is 5.98 Å². The fraction of sp³-hybridized carbons (Fsp3) is 0. The number of rotatable bonds is 3. The van der Waals surface area contributed by atoms with Crippen LogP contribution < -0.4 is 5.73 Å². The van der Waals surface area contributed by atoms with Crippen LogP contribution in [0.15, 0.2) is 18.4 Å². The molecule has 8 heteroatoms. The normalized spacial score (nSPS) is 11.9. The molecule has 1 aromatic heterocycles. The van der Waals surface area contributed by atoms with Crippen LogP contribution in [0.25, 0.3) is 6.08 Å². The zero-order valence-corrected chi connectivity index (χ0v) is 7.40. The van der Waals surface area contributed by atoms with Gasteiger partial charge in [-0.2, -0.15) is 0 Å². The van der Waals surface area contributed by atoms with Crippen LogP contribution in [0.5, 0.6) is 0 Å². The van der Waals surface area contributed by atoms with Gasteiger partial charge in [0.05, 0.1) is 0 Å². The summed E-state index contributed by atoms with van der Waals surface area (Å²) >= 11 is 0. The van der Waals surface area contributed by atoms with Gasteiger partial charge in [0.2, 0.25) is 5.82 Å². The van der Waals surface area contributed by atoms with E-state index in [4.69, 9.17) is 5.73 Å². The lowest BCUT2D eigenvalue weighted by atomic mass is 9.91. The Kier molecular flexibility index (Phi) is 3.08. The van der Waals surface area contributed by atoms with Crippen LogP contribution >= 0.6 is 0 Å². The third-order valence-corrected chi connectivity index (χ3v) is 1.40. The summed E-state index contributed by atoms with van der Waals surface area (Å²) < 4.78 is 35.4. The average molecular weight is 216 g/mol. The van der Waals surface area contributed by atoms with E-state index in [9.17, 15) is 17.7 Å². The maximum atomic E-state index is 11.8. The highest BCUT2D eigenvalue weighted by Gasteiger charge is 2.17. The molecule has 1 amide bonds. The van der Waals surface area contributed by atoms with Crippen LogP contribution in [0.4, 0.5) is 12.9 Å². The highest BCUT2D eigenvalue weighted by atomic mass is 19.4. The van der Waals surface area contributed by atoms with Crippen LogP contribution in [-0.4, -0.2) is 22.9 Å². The number of halogens is 3. The van der Waals surface area contributed by atoms with Crippen molar-refractivity contribution in [2.24, 2.45) is 5.73 Å². The van der Waals surface area contributed by atoms with E-state index in [2.05, 4.69) is 9.97 Å². The summed E-state index contributed by atoms with van der Waals surface area (Å²) in [5, 5.41) is 0. The standard InChI is InChI=1S/C7H6BF3N3O/c9-8(10,11)2-1-5-3-13-7(6(12)15)14-4-5/h1-4H,(H2,12,15)/q-1/b2-1+. The summed E-state index contributed by atoms with van der Waals surface area (Å²) in [5.74, 6) is -0.946. The van der Waals surface area contributed by atoms with Gasteiger partial charge in [-0.1, -0.05) is 6.08 Å². The molecule has 0 unspecified atom stereocenters. The summed E-state index contributed by atoms with van der Waals surface area (Å²) in [6.45, 7) is -4.98. The molecule has 80 valence electrons. The molecular formula is C7H6BF3N3O-. The molecule has 1 aromatic rings. The smallest absolute Gasteiger partial charge is 0.445 e. The van der Waals surface area contributed by atoms with Crippen molar-refractivity contribution in [2.45, 2.75) is 0 Å². The van der Waals surface area contributed by atoms with Gasteiger partial charge in [0, 0.05) is 18.0 Å². The zero-order chi connectivity index (χ0) is 11.5. The molecule has 0 atom stereocenters. The zero-order valence-electron chi connectivity index (χ0n) is 7.40. The molecule has 0 aromatic carbocycles. The summed E-state index contributed by atoms with van der Waals surface area (Å²) in [5.41, 5.74) is 5.00. The Morgan fingerprint density at radius 1 is 1.33 bits per heavy atom. The van der Waals surface area contributed by atoms with Gasteiger partial charge >= 0.3 is 6.98 Å². The van der Waals surface area contributed by atoms with Crippen molar-refractivity contribution in [1.82, 2.24) is 9.97 Å². The first kappa shape index (κ1) is 11.2. The van der Waals surface area contributed by atoms with E-state index in [-0.39, 0.29) is 17.4 Å². The Bertz CT molecular complexity index is 387. The molecule has 0 radical (unpaired) electrons. The first-order valence-corrected chi connectivity index (χ1v) is 3.89. The van der Waals surface area contributed by atoms with Crippen LogP contribution in [-0.2, 0) is 0 Å². The maximum Gasteiger partial charge on any atom is 0.502 e. The third-order valence-electron chi connectivity index (χ3n) is 1.40. The number of primary amides is 1. The molecule has 0 saturated carbocycles. The fourth-order valence-electron chi connectivity index (χ4n) is 0.772. The van der Waals surface area contributed by atoms with Crippen LogP contribution in [0, 0.1) is 0 Å². The highest BCUT2D eigenvalue weighted by molar-refractivity contribution is 6.64. The molecular weight excluding hydrogens is 210 g/mol. The highest BCUT2D eigenvalue weighted by Crippen LogP contribution is 2.11. The van der Waals surface area contributed by atoms with E-state index >= 15 is 0 Å². The summed E-state index contributed by atoms with van der Waals surface area (Å²) in [7, 11) is 0. The lowest BCUT2D eigenvalue weighted by Gasteiger charge is -2.05. The molecule has 15 heavy (non-hydrogen) atoms. The second-order valence-electron chi connectivity index (χ2n) is 2.69. The van der Waals surface area contributed by atoms with Gasteiger partial charge in [-0.3, -0.25) is 4.79 Å². The summed E-state index contributed by atoms with van der Waals surface area (Å²) in [6.07, 6.45) is 3.00. The Labute approximate surface area is 83.1 Å². The monoisotopic (exact) mass is 216 g/mol. The second-order valence-corrected chi connectivity index (χ2v) is 2.69. The number of aromatic nitrogens is 2. The molecule has 0 spiro atoms. The summed E-state index contributed by atoms with van der Waals surface area (Å²) in [4.78, 5) is 17.5. The molecule has 0 saturated heterocycles. The molecule has 0 fully saturated rings. The van der Waals surface area contributed by atoms with Crippen LogP contribution in [0.3, 0.4) is 0 Å². The third kappa shape index (κ3) is 3.80. The van der Waals surface area contributed by atoms with Gasteiger partial charge in [0.1, 0.15) is 0 Å². The number of hydrogen-bond donors (Lipinski definition) is 1. The number of nitrogens with two attached hydrogens (primary N) is 1. The van der Waals surface area contributed by atoms with Gasteiger partial charge in [-0.05, 0) is 0 Å². The van der Waals surface area contributed by atoms with Gasteiger partial charge in [0.25, 0.3) is 5.91 Å². The van der Waals surface area contributed by atoms with E-state index < -0.39 is 12.9 Å². The second kappa shape index (κ2) is 4.12. The van der Waals surface area contributed by atoms with Crippen LogP contribution in [0.1, 0.15) is 16.2 Å². The first-order valence-electron chi connectivity index (χ1n) is 3.89. The predicted octanol–water partition coefficient (Wildman–Crippen LogP) is 0.975. The van der Waals surface area contributed by atoms with E-state index in [1.165, 1.54) is 0 Å². The minimum absolute atomic E-state index is 0.114. The molecule has 0 aliphatic heterocycles. The molecule has 0 aliphatic rings. The van der Waals surface area contributed by atoms with Crippen molar-refractivity contribution in [3.8, 4) is 0 Å². The Hall–Kier alpha value is -1.86. The van der Waals surface area contributed by atoms with E-state index in [0.29, 0.717) is 0 Å². The minimum Gasteiger partial charge on any atom is -0.445 e. The van der Waals surface area contributed by atoms with Gasteiger partial charge in [0.15, 0.2) is 0 Å². The molecule has 4 nitrogen and oxygen atoms in total. The van der Waals surface area contributed by atoms with Crippen molar-refractivity contribution in [3.63, 3.8) is 0 Å². The van der Waals surface area contributed by atoms with Crippen molar-refractivity contribution < 1.29 is 17.7 Å². The lowest BCUT2D eigenvalue weighted by Crippen LogP contribution is -2.15. The van der Waals surface area contributed by atoms with E-state index in [1.54, 1.807) is 0 Å². The topological polar surface area (TPSA) is 68.9 Å². The summed E-state index contributed by atoms with van der Waals surface area (Å²) in [6, 6.07) is 0. The Morgan fingerprint density at radius 2 is 1.87 bits per heavy atom. The van der Waals surface area contributed by atoms with E-state index in [1.807, 2.05) is 0 Å².